The molecular formula is C17H14N4O. The van der Waals surface area contributed by atoms with Gasteiger partial charge < -0.3 is 4.98 Å². The molecule has 5 heteroatoms. The van der Waals surface area contributed by atoms with Crippen LogP contribution in [0.2, 0.25) is 0 Å². The highest BCUT2D eigenvalue weighted by Gasteiger charge is 2.14. The average Bonchev–Trinajstić information content (AvgIpc) is 2.98. The fraction of sp³-hybridized carbons (Fsp3) is 0.118. The predicted molar refractivity (Wildman–Crippen MR) is 86.4 cm³/mol. The van der Waals surface area contributed by atoms with Gasteiger partial charge in [0.15, 0.2) is 0 Å². The van der Waals surface area contributed by atoms with Crippen LogP contribution in [0.15, 0.2) is 53.3 Å². The van der Waals surface area contributed by atoms with Crippen LogP contribution in [-0.2, 0) is 6.42 Å². The normalized spacial score (nSPS) is 11.3. The lowest BCUT2D eigenvalue weighted by atomic mass is 10.2. The topological polar surface area (TPSA) is 63.6 Å². The lowest BCUT2D eigenvalue weighted by Crippen LogP contribution is -2.24. The molecule has 0 atom stereocenters. The Morgan fingerprint density at radius 1 is 1.00 bits per heavy atom. The molecule has 0 saturated heterocycles. The zero-order chi connectivity index (χ0) is 15.1. The van der Waals surface area contributed by atoms with Crippen LogP contribution in [0, 0.1) is 0 Å². The number of nitrogens with zero attached hydrogens (tertiary/aromatic N) is 3. The van der Waals surface area contributed by atoms with Gasteiger partial charge in [0.1, 0.15) is 5.82 Å². The summed E-state index contributed by atoms with van der Waals surface area (Å²) in [5.41, 5.74) is 2.36. The van der Waals surface area contributed by atoms with E-state index in [-0.39, 0.29) is 5.56 Å². The Morgan fingerprint density at radius 3 is 2.50 bits per heavy atom. The summed E-state index contributed by atoms with van der Waals surface area (Å²) in [5, 5.41) is 0.597. The SMILES string of the molecule is CCc1nc2ccccc2c(=O)n1-c1nc2ccccc2[nH]1. The van der Waals surface area contributed by atoms with Gasteiger partial charge in [-0.1, -0.05) is 31.2 Å². The number of rotatable bonds is 2. The standard InChI is InChI=1S/C17H14N4O/c1-2-15-18-12-8-4-3-7-11(12)16(22)21(15)17-19-13-9-5-6-10-14(13)20-17/h3-10H,2H2,1H3,(H,19,20). The number of aryl methyl sites for hydroxylation is 1. The summed E-state index contributed by atoms with van der Waals surface area (Å²) < 4.78 is 1.57. The maximum Gasteiger partial charge on any atom is 0.268 e. The number of hydrogen-bond acceptors (Lipinski definition) is 3. The van der Waals surface area contributed by atoms with Crippen molar-refractivity contribution in [3.05, 3.63) is 64.7 Å². The molecule has 2 heterocycles. The van der Waals surface area contributed by atoms with E-state index in [0.717, 1.165) is 16.6 Å². The lowest BCUT2D eigenvalue weighted by molar-refractivity contribution is 0.800. The molecule has 0 spiro atoms. The van der Waals surface area contributed by atoms with Gasteiger partial charge in [0.2, 0.25) is 5.95 Å². The van der Waals surface area contributed by atoms with Gasteiger partial charge >= 0.3 is 0 Å². The quantitative estimate of drug-likeness (QED) is 0.617. The highest BCUT2D eigenvalue weighted by molar-refractivity contribution is 5.79. The molecule has 108 valence electrons. The lowest BCUT2D eigenvalue weighted by Gasteiger charge is -2.09. The fourth-order valence-corrected chi connectivity index (χ4v) is 2.68. The molecule has 1 N–H and O–H groups in total. The number of aromatic amines is 1. The van der Waals surface area contributed by atoms with E-state index in [9.17, 15) is 4.79 Å². The molecule has 22 heavy (non-hydrogen) atoms. The van der Waals surface area contributed by atoms with E-state index < -0.39 is 0 Å². The van der Waals surface area contributed by atoms with Crippen molar-refractivity contribution in [2.75, 3.05) is 0 Å². The number of hydrogen-bond donors (Lipinski definition) is 1. The summed E-state index contributed by atoms with van der Waals surface area (Å²) in [6, 6.07) is 15.1. The molecule has 0 aliphatic carbocycles. The fourth-order valence-electron chi connectivity index (χ4n) is 2.68. The van der Waals surface area contributed by atoms with Gasteiger partial charge in [0, 0.05) is 6.42 Å². The first-order valence-corrected chi connectivity index (χ1v) is 7.23. The van der Waals surface area contributed by atoms with Crippen molar-refractivity contribution in [1.29, 1.82) is 0 Å². The molecular weight excluding hydrogens is 276 g/mol. The zero-order valence-corrected chi connectivity index (χ0v) is 12.1. The second-order valence-corrected chi connectivity index (χ2v) is 5.12. The summed E-state index contributed by atoms with van der Waals surface area (Å²) in [6.45, 7) is 1.98. The van der Waals surface area contributed by atoms with Crippen LogP contribution in [0.4, 0.5) is 0 Å². The Labute approximate surface area is 126 Å². The van der Waals surface area contributed by atoms with Crippen LogP contribution in [0.1, 0.15) is 12.7 Å². The van der Waals surface area contributed by atoms with E-state index in [1.165, 1.54) is 0 Å². The molecule has 0 saturated carbocycles. The minimum Gasteiger partial charge on any atom is -0.323 e. The van der Waals surface area contributed by atoms with E-state index in [0.29, 0.717) is 23.6 Å². The number of nitrogens with one attached hydrogen (secondary N) is 1. The van der Waals surface area contributed by atoms with Crippen molar-refractivity contribution in [3.63, 3.8) is 0 Å². The summed E-state index contributed by atoms with van der Waals surface area (Å²) in [5.74, 6) is 1.21. The third-order valence-corrected chi connectivity index (χ3v) is 3.75. The van der Waals surface area contributed by atoms with Crippen LogP contribution in [0.25, 0.3) is 27.9 Å². The number of para-hydroxylation sites is 3. The minimum atomic E-state index is -0.0958. The smallest absolute Gasteiger partial charge is 0.268 e. The molecule has 2 aromatic heterocycles. The first-order chi connectivity index (χ1) is 10.8. The molecule has 0 fully saturated rings. The molecule has 0 radical (unpaired) electrons. The third kappa shape index (κ3) is 1.83. The Bertz CT molecular complexity index is 1010. The summed E-state index contributed by atoms with van der Waals surface area (Å²) in [4.78, 5) is 25.2. The summed E-state index contributed by atoms with van der Waals surface area (Å²) in [7, 11) is 0. The Hall–Kier alpha value is -2.95. The second-order valence-electron chi connectivity index (χ2n) is 5.12. The molecule has 0 aliphatic heterocycles. The van der Waals surface area contributed by atoms with E-state index in [2.05, 4.69) is 15.0 Å². The van der Waals surface area contributed by atoms with Crippen molar-refractivity contribution in [3.8, 4) is 5.95 Å². The van der Waals surface area contributed by atoms with Gasteiger partial charge in [-0.2, -0.15) is 0 Å². The molecule has 0 unspecified atom stereocenters. The van der Waals surface area contributed by atoms with Crippen LogP contribution >= 0.6 is 0 Å². The number of aromatic nitrogens is 4. The number of fused-ring (bicyclic) bond motifs is 2. The Balaban J connectivity index is 2.08. The van der Waals surface area contributed by atoms with Crippen molar-refractivity contribution in [2.24, 2.45) is 0 Å². The zero-order valence-electron chi connectivity index (χ0n) is 12.1. The largest absolute Gasteiger partial charge is 0.323 e. The van der Waals surface area contributed by atoms with Crippen LogP contribution in [0.3, 0.4) is 0 Å². The monoisotopic (exact) mass is 290 g/mol. The second kappa shape index (κ2) is 4.80. The predicted octanol–water partition coefficient (Wildman–Crippen LogP) is 2.82. The highest BCUT2D eigenvalue weighted by Crippen LogP contribution is 2.15. The number of benzene rings is 2. The van der Waals surface area contributed by atoms with Crippen molar-refractivity contribution in [2.45, 2.75) is 13.3 Å². The number of imidazole rings is 1. The molecule has 5 nitrogen and oxygen atoms in total. The average molecular weight is 290 g/mol. The van der Waals surface area contributed by atoms with E-state index >= 15 is 0 Å². The van der Waals surface area contributed by atoms with E-state index in [4.69, 9.17) is 0 Å². The Kier molecular flexibility index (Phi) is 2.79. The molecule has 2 aromatic carbocycles. The van der Waals surface area contributed by atoms with Crippen LogP contribution < -0.4 is 5.56 Å². The minimum absolute atomic E-state index is 0.0958. The first kappa shape index (κ1) is 12.8. The molecule has 0 aliphatic rings. The van der Waals surface area contributed by atoms with Gasteiger partial charge in [0.25, 0.3) is 5.56 Å². The molecule has 0 bridgehead atoms. The van der Waals surface area contributed by atoms with Gasteiger partial charge in [-0.25, -0.2) is 14.5 Å². The van der Waals surface area contributed by atoms with Crippen molar-refractivity contribution in [1.82, 2.24) is 19.5 Å². The maximum absolute atomic E-state index is 12.8. The summed E-state index contributed by atoms with van der Waals surface area (Å²) >= 11 is 0. The summed E-state index contributed by atoms with van der Waals surface area (Å²) in [6.07, 6.45) is 0.650. The number of H-pyrrole nitrogens is 1. The van der Waals surface area contributed by atoms with Gasteiger partial charge in [-0.05, 0) is 24.3 Å². The maximum atomic E-state index is 12.8. The van der Waals surface area contributed by atoms with E-state index in [1.807, 2.05) is 49.4 Å². The molecule has 4 aromatic rings. The first-order valence-electron chi connectivity index (χ1n) is 7.23. The van der Waals surface area contributed by atoms with E-state index in [1.54, 1.807) is 10.6 Å². The Morgan fingerprint density at radius 2 is 1.73 bits per heavy atom. The van der Waals surface area contributed by atoms with Crippen molar-refractivity contribution >= 4 is 21.9 Å². The van der Waals surface area contributed by atoms with Crippen LogP contribution in [-0.4, -0.2) is 19.5 Å². The van der Waals surface area contributed by atoms with Gasteiger partial charge in [-0.15, -0.1) is 0 Å². The third-order valence-electron chi connectivity index (χ3n) is 3.75. The van der Waals surface area contributed by atoms with Crippen LogP contribution in [0.5, 0.6) is 0 Å². The van der Waals surface area contributed by atoms with Gasteiger partial charge in [0.05, 0.1) is 21.9 Å². The van der Waals surface area contributed by atoms with Crippen molar-refractivity contribution < 1.29 is 0 Å². The van der Waals surface area contributed by atoms with Gasteiger partial charge in [-0.3, -0.25) is 4.79 Å². The molecule has 4 rings (SSSR count). The molecule has 0 amide bonds. The highest BCUT2D eigenvalue weighted by atomic mass is 16.1.